The van der Waals surface area contributed by atoms with Crippen molar-refractivity contribution < 1.29 is 0 Å². The Balaban J connectivity index is 1.43. The monoisotopic (exact) mass is 452 g/mol. The van der Waals surface area contributed by atoms with Crippen molar-refractivity contribution in [1.82, 2.24) is 0 Å². The minimum absolute atomic E-state index is 0.399. The highest BCUT2D eigenvalue weighted by molar-refractivity contribution is 6.00. The van der Waals surface area contributed by atoms with Crippen LogP contribution < -0.4 is 0 Å². The van der Waals surface area contributed by atoms with Crippen molar-refractivity contribution in [2.45, 2.75) is 38.0 Å². The Bertz CT molecular complexity index is 1520. The first-order valence-electron chi connectivity index (χ1n) is 12.9. The largest absolute Gasteiger partial charge is 0.103 e. The third-order valence-corrected chi connectivity index (χ3v) is 8.07. The lowest BCUT2D eigenvalue weighted by atomic mass is 9.71. The lowest BCUT2D eigenvalue weighted by molar-refractivity contribution is 0.463. The van der Waals surface area contributed by atoms with Gasteiger partial charge >= 0.3 is 0 Å². The van der Waals surface area contributed by atoms with Crippen molar-refractivity contribution >= 4 is 32.7 Å². The summed E-state index contributed by atoms with van der Waals surface area (Å²) in [5.74, 6) is 1.31. The summed E-state index contributed by atoms with van der Waals surface area (Å²) in [5.41, 5.74) is 8.55. The molecule has 0 bridgehead atoms. The molecule has 0 fully saturated rings. The predicted molar refractivity (Wildman–Crippen MR) is 153 cm³/mol. The van der Waals surface area contributed by atoms with Crippen LogP contribution in [0.4, 0.5) is 0 Å². The normalized spacial score (nSPS) is 19.2. The Morgan fingerprint density at radius 2 is 1.20 bits per heavy atom. The first kappa shape index (κ1) is 21.9. The molecule has 3 unspecified atom stereocenters. The smallest absolute Gasteiger partial charge is 0.00564 e. The number of hydrogen-bond donors (Lipinski definition) is 0. The lowest BCUT2D eigenvalue weighted by Gasteiger charge is -2.33. The average molecular weight is 453 g/mol. The van der Waals surface area contributed by atoms with Crippen LogP contribution in [0.2, 0.25) is 0 Å². The Hall–Kier alpha value is -3.64. The molecule has 0 aromatic heterocycles. The minimum atomic E-state index is 0.399. The quantitative estimate of drug-likeness (QED) is 0.245. The molecular formula is C35H32. The van der Waals surface area contributed by atoms with Crippen LogP contribution in [-0.2, 0) is 0 Å². The summed E-state index contributed by atoms with van der Waals surface area (Å²) in [7, 11) is 0. The van der Waals surface area contributed by atoms with E-state index in [1.165, 1.54) is 54.9 Å². The van der Waals surface area contributed by atoms with Crippen molar-refractivity contribution in [2.24, 2.45) is 5.92 Å². The van der Waals surface area contributed by atoms with Gasteiger partial charge in [0.15, 0.2) is 0 Å². The van der Waals surface area contributed by atoms with Crippen LogP contribution in [0.1, 0.15) is 60.3 Å². The molecule has 0 N–H and O–H groups in total. The molecule has 35 heavy (non-hydrogen) atoms. The second-order valence-electron chi connectivity index (χ2n) is 10.2. The number of hydrogen-bond acceptors (Lipinski definition) is 0. The van der Waals surface area contributed by atoms with Gasteiger partial charge in [-0.2, -0.15) is 0 Å². The molecule has 0 heterocycles. The van der Waals surface area contributed by atoms with Crippen molar-refractivity contribution in [1.29, 1.82) is 0 Å². The molecule has 0 amide bonds. The molecule has 6 rings (SSSR count). The molecule has 2 aliphatic rings. The van der Waals surface area contributed by atoms with E-state index in [0.717, 1.165) is 19.3 Å². The van der Waals surface area contributed by atoms with Crippen molar-refractivity contribution in [2.75, 3.05) is 0 Å². The maximum Gasteiger partial charge on any atom is 0.00564 e. The molecule has 0 aliphatic heterocycles. The van der Waals surface area contributed by atoms with Crippen LogP contribution in [0.25, 0.3) is 32.7 Å². The fraction of sp³-hybridized carbons (Fsp3) is 0.200. The van der Waals surface area contributed by atoms with E-state index < -0.39 is 0 Å². The predicted octanol–water partition coefficient (Wildman–Crippen LogP) is 9.83. The fourth-order valence-corrected chi connectivity index (χ4v) is 6.56. The van der Waals surface area contributed by atoms with E-state index >= 15 is 0 Å². The zero-order valence-electron chi connectivity index (χ0n) is 20.5. The third-order valence-electron chi connectivity index (χ3n) is 8.07. The van der Waals surface area contributed by atoms with Gasteiger partial charge in [0.2, 0.25) is 0 Å². The van der Waals surface area contributed by atoms with Gasteiger partial charge in [0.25, 0.3) is 0 Å². The molecule has 172 valence electrons. The van der Waals surface area contributed by atoms with Gasteiger partial charge in [0, 0.05) is 11.8 Å². The van der Waals surface area contributed by atoms with Crippen molar-refractivity contribution in [3.8, 4) is 0 Å². The van der Waals surface area contributed by atoms with Gasteiger partial charge in [-0.1, -0.05) is 104 Å². The average Bonchev–Trinajstić information content (AvgIpc) is 2.88. The summed E-state index contributed by atoms with van der Waals surface area (Å²) < 4.78 is 0. The van der Waals surface area contributed by atoms with Crippen LogP contribution in [-0.4, -0.2) is 0 Å². The molecule has 0 saturated carbocycles. The topological polar surface area (TPSA) is 0 Å². The molecule has 3 atom stereocenters. The molecule has 0 spiro atoms. The summed E-state index contributed by atoms with van der Waals surface area (Å²) in [6.07, 6.45) is 12.1. The maximum atomic E-state index is 4.05. The van der Waals surface area contributed by atoms with Crippen LogP contribution >= 0.6 is 0 Å². The van der Waals surface area contributed by atoms with E-state index in [2.05, 4.69) is 105 Å². The van der Waals surface area contributed by atoms with Gasteiger partial charge < -0.3 is 0 Å². The Morgan fingerprint density at radius 3 is 1.80 bits per heavy atom. The zero-order valence-corrected chi connectivity index (χ0v) is 20.5. The highest BCUT2D eigenvalue weighted by Crippen LogP contribution is 2.47. The van der Waals surface area contributed by atoms with Gasteiger partial charge in [0.1, 0.15) is 0 Å². The summed E-state index contributed by atoms with van der Waals surface area (Å²) in [6, 6.07) is 27.1. The van der Waals surface area contributed by atoms with Gasteiger partial charge in [-0.25, -0.2) is 0 Å². The Kier molecular flexibility index (Phi) is 5.53. The standard InChI is InChI=1S/C35H32/c1-4-10-26-21-28(31-18-8-13-24-12-6-16-29(26)34(24)31)20-23(3)33-22-27(11-5-2)30-17-7-14-25-15-9-19-32(33)35(25)30/h4-9,12-19,21-23,28,33H,1-2,10-11,20H2,3H3. The van der Waals surface area contributed by atoms with Crippen molar-refractivity contribution in [3.05, 3.63) is 133 Å². The van der Waals surface area contributed by atoms with Crippen LogP contribution in [0.3, 0.4) is 0 Å². The van der Waals surface area contributed by atoms with E-state index in [1.807, 2.05) is 12.2 Å². The van der Waals surface area contributed by atoms with Crippen LogP contribution in [0, 0.1) is 5.92 Å². The molecule has 0 heteroatoms. The van der Waals surface area contributed by atoms with Gasteiger partial charge in [-0.15, -0.1) is 13.2 Å². The highest BCUT2D eigenvalue weighted by atomic mass is 14.3. The first-order valence-corrected chi connectivity index (χ1v) is 12.9. The maximum absolute atomic E-state index is 4.05. The van der Waals surface area contributed by atoms with Crippen LogP contribution in [0.15, 0.2) is 110 Å². The zero-order chi connectivity index (χ0) is 23.9. The number of allylic oxidation sites excluding steroid dienone is 6. The Labute approximate surface area is 209 Å². The van der Waals surface area contributed by atoms with E-state index in [9.17, 15) is 0 Å². The highest BCUT2D eigenvalue weighted by Gasteiger charge is 2.29. The van der Waals surface area contributed by atoms with E-state index in [4.69, 9.17) is 0 Å². The molecule has 4 aromatic carbocycles. The number of benzene rings is 4. The Morgan fingerprint density at radius 1 is 0.686 bits per heavy atom. The second-order valence-corrected chi connectivity index (χ2v) is 10.2. The SMILES string of the molecule is C=CCC1=CC(CC(C)C2C=C(CC=C)c3cccc4cccc2c34)c2cccc3cccc1c23. The summed E-state index contributed by atoms with van der Waals surface area (Å²) >= 11 is 0. The van der Waals surface area contributed by atoms with Gasteiger partial charge in [-0.3, -0.25) is 0 Å². The van der Waals surface area contributed by atoms with E-state index in [1.54, 1.807) is 0 Å². The first-order chi connectivity index (χ1) is 17.2. The second kappa shape index (κ2) is 8.86. The molecule has 4 aromatic rings. The third kappa shape index (κ3) is 3.60. The van der Waals surface area contributed by atoms with E-state index in [-0.39, 0.29) is 0 Å². The summed E-state index contributed by atoms with van der Waals surface area (Å²) in [4.78, 5) is 0. The molecule has 0 nitrogen and oxygen atoms in total. The molecule has 0 saturated heterocycles. The molecular weight excluding hydrogens is 420 g/mol. The van der Waals surface area contributed by atoms with Gasteiger partial charge in [0.05, 0.1) is 0 Å². The minimum Gasteiger partial charge on any atom is -0.103 e. The lowest BCUT2D eigenvalue weighted by Crippen LogP contribution is -2.16. The van der Waals surface area contributed by atoms with Gasteiger partial charge in [-0.05, 0) is 80.1 Å². The van der Waals surface area contributed by atoms with E-state index in [0.29, 0.717) is 17.8 Å². The number of rotatable bonds is 7. The fourth-order valence-electron chi connectivity index (χ4n) is 6.56. The summed E-state index contributed by atoms with van der Waals surface area (Å²) in [6.45, 7) is 10.5. The molecule has 0 radical (unpaired) electrons. The van der Waals surface area contributed by atoms with Crippen LogP contribution in [0.5, 0.6) is 0 Å². The molecule has 2 aliphatic carbocycles. The van der Waals surface area contributed by atoms with Crippen molar-refractivity contribution in [3.63, 3.8) is 0 Å². The summed E-state index contributed by atoms with van der Waals surface area (Å²) in [5, 5.41) is 5.56.